The molecule has 1 aromatic rings. The van der Waals surface area contributed by atoms with Crippen LogP contribution in [0.5, 0.6) is 5.75 Å². The van der Waals surface area contributed by atoms with E-state index in [4.69, 9.17) is 10.5 Å². The second kappa shape index (κ2) is 7.82. The van der Waals surface area contributed by atoms with Crippen molar-refractivity contribution in [1.82, 2.24) is 4.90 Å². The molecule has 0 unspecified atom stereocenters. The van der Waals surface area contributed by atoms with Gasteiger partial charge in [-0.05, 0) is 42.9 Å². The fourth-order valence-electron chi connectivity index (χ4n) is 2.65. The van der Waals surface area contributed by atoms with Gasteiger partial charge >= 0.3 is 0 Å². The molecule has 0 aliphatic carbocycles. The number of carbonyl (C=O) groups is 2. The Morgan fingerprint density at radius 1 is 1.23 bits per heavy atom. The lowest BCUT2D eigenvalue weighted by atomic mass is 10.0. The molecule has 1 aliphatic rings. The van der Waals surface area contributed by atoms with Gasteiger partial charge in [-0.25, -0.2) is 0 Å². The van der Waals surface area contributed by atoms with E-state index in [2.05, 4.69) is 6.92 Å². The van der Waals surface area contributed by atoms with Crippen molar-refractivity contribution in [3.63, 3.8) is 0 Å². The van der Waals surface area contributed by atoms with Crippen LogP contribution in [0, 0.1) is 5.92 Å². The van der Waals surface area contributed by atoms with Crippen molar-refractivity contribution in [3.05, 3.63) is 29.8 Å². The van der Waals surface area contributed by atoms with Crippen LogP contribution in [-0.2, 0) is 16.0 Å². The number of nitrogens with two attached hydrogens (primary N) is 1. The summed E-state index contributed by atoms with van der Waals surface area (Å²) in [6.45, 7) is 3.94. The van der Waals surface area contributed by atoms with Crippen molar-refractivity contribution in [1.29, 1.82) is 0 Å². The Bertz CT molecular complexity index is 513. The number of rotatable bonds is 5. The smallest absolute Gasteiger partial charge is 0.260 e. The van der Waals surface area contributed by atoms with Crippen molar-refractivity contribution in [2.45, 2.75) is 32.6 Å². The summed E-state index contributed by atoms with van der Waals surface area (Å²) < 4.78 is 5.54. The number of hydrogen-bond donors (Lipinski definition) is 1. The summed E-state index contributed by atoms with van der Waals surface area (Å²) in [5, 5.41) is 0. The lowest BCUT2D eigenvalue weighted by molar-refractivity contribution is -0.133. The summed E-state index contributed by atoms with van der Waals surface area (Å²) >= 11 is 0. The molecule has 5 nitrogen and oxygen atoms in total. The van der Waals surface area contributed by atoms with Gasteiger partial charge in [-0.3, -0.25) is 9.59 Å². The normalized spacial score (nSPS) is 18.6. The van der Waals surface area contributed by atoms with Gasteiger partial charge in [0, 0.05) is 13.1 Å². The molecule has 0 saturated carbocycles. The van der Waals surface area contributed by atoms with Crippen molar-refractivity contribution in [2.75, 3.05) is 19.7 Å². The number of nitrogens with zero attached hydrogens (tertiary/aromatic N) is 1. The third-order valence-corrected chi connectivity index (χ3v) is 4.03. The summed E-state index contributed by atoms with van der Waals surface area (Å²) in [6, 6.07) is 7.10. The first-order chi connectivity index (χ1) is 10.5. The third-order valence-electron chi connectivity index (χ3n) is 4.03. The Balaban J connectivity index is 1.81. The number of hydrogen-bond acceptors (Lipinski definition) is 3. The first-order valence-electron chi connectivity index (χ1n) is 7.82. The topological polar surface area (TPSA) is 72.6 Å². The van der Waals surface area contributed by atoms with Crippen LogP contribution in [0.1, 0.15) is 31.7 Å². The van der Waals surface area contributed by atoms with E-state index >= 15 is 0 Å². The standard InChI is InChI=1S/C17H24N2O3/c1-13-3-2-9-19(10-8-13)17(21)12-22-15-6-4-14(5-7-15)11-16(18)20/h4-7,13H,2-3,8-12H2,1H3,(H2,18,20)/t13-/m1/s1. The maximum Gasteiger partial charge on any atom is 0.260 e. The average molecular weight is 304 g/mol. The van der Waals surface area contributed by atoms with E-state index in [1.807, 2.05) is 4.90 Å². The Labute approximate surface area is 131 Å². The van der Waals surface area contributed by atoms with E-state index in [1.54, 1.807) is 24.3 Å². The molecule has 0 aromatic heterocycles. The van der Waals surface area contributed by atoms with Crippen LogP contribution < -0.4 is 10.5 Å². The first kappa shape index (κ1) is 16.3. The van der Waals surface area contributed by atoms with Gasteiger partial charge < -0.3 is 15.4 Å². The number of benzene rings is 1. The second-order valence-electron chi connectivity index (χ2n) is 5.99. The zero-order chi connectivity index (χ0) is 15.9. The molecule has 2 amide bonds. The van der Waals surface area contributed by atoms with Crippen LogP contribution in [0.4, 0.5) is 0 Å². The highest BCUT2D eigenvalue weighted by Gasteiger charge is 2.18. The molecule has 120 valence electrons. The van der Waals surface area contributed by atoms with Crippen molar-refractivity contribution < 1.29 is 14.3 Å². The third kappa shape index (κ3) is 5.06. The van der Waals surface area contributed by atoms with Gasteiger partial charge in [0.15, 0.2) is 6.61 Å². The molecule has 1 saturated heterocycles. The molecule has 1 aliphatic heterocycles. The van der Waals surface area contributed by atoms with Crippen molar-refractivity contribution in [3.8, 4) is 5.75 Å². The fourth-order valence-corrected chi connectivity index (χ4v) is 2.65. The van der Waals surface area contributed by atoms with E-state index in [0.717, 1.165) is 31.5 Å². The Kier molecular flexibility index (Phi) is 5.81. The van der Waals surface area contributed by atoms with E-state index in [9.17, 15) is 9.59 Å². The van der Waals surface area contributed by atoms with Gasteiger partial charge in [-0.15, -0.1) is 0 Å². The Hall–Kier alpha value is -2.04. The molecule has 0 spiro atoms. The van der Waals surface area contributed by atoms with E-state index in [-0.39, 0.29) is 24.8 Å². The molecule has 1 aromatic carbocycles. The molecule has 1 atom stereocenters. The predicted molar refractivity (Wildman–Crippen MR) is 84.4 cm³/mol. The predicted octanol–water partition coefficient (Wildman–Crippen LogP) is 1.74. The number of likely N-dealkylation sites (tertiary alicyclic amines) is 1. The SMILES string of the molecule is C[C@@H]1CCCN(C(=O)COc2ccc(CC(N)=O)cc2)CC1. The summed E-state index contributed by atoms with van der Waals surface area (Å²) in [5.41, 5.74) is 5.99. The number of amides is 2. The Morgan fingerprint density at radius 2 is 1.95 bits per heavy atom. The summed E-state index contributed by atoms with van der Waals surface area (Å²) in [5.74, 6) is 0.996. The number of ether oxygens (including phenoxy) is 1. The highest BCUT2D eigenvalue weighted by Crippen LogP contribution is 2.17. The molecule has 22 heavy (non-hydrogen) atoms. The highest BCUT2D eigenvalue weighted by molar-refractivity contribution is 5.78. The van der Waals surface area contributed by atoms with Gasteiger partial charge in [0.25, 0.3) is 5.91 Å². The van der Waals surface area contributed by atoms with E-state index in [0.29, 0.717) is 11.7 Å². The Morgan fingerprint density at radius 3 is 2.64 bits per heavy atom. The lowest BCUT2D eigenvalue weighted by Gasteiger charge is -2.20. The first-order valence-corrected chi connectivity index (χ1v) is 7.82. The van der Waals surface area contributed by atoms with Crippen LogP contribution in [0.2, 0.25) is 0 Å². The molecule has 1 fully saturated rings. The molecule has 0 bridgehead atoms. The maximum atomic E-state index is 12.2. The zero-order valence-electron chi connectivity index (χ0n) is 13.1. The van der Waals surface area contributed by atoms with E-state index in [1.165, 1.54) is 6.42 Å². The molecule has 5 heteroatoms. The average Bonchev–Trinajstić information content (AvgIpc) is 2.70. The minimum absolute atomic E-state index is 0.0373. The van der Waals surface area contributed by atoms with Crippen molar-refractivity contribution >= 4 is 11.8 Å². The van der Waals surface area contributed by atoms with Gasteiger partial charge in [0.05, 0.1) is 6.42 Å². The summed E-state index contributed by atoms with van der Waals surface area (Å²) in [6.07, 6.45) is 3.53. The quantitative estimate of drug-likeness (QED) is 0.900. The maximum absolute atomic E-state index is 12.2. The molecular formula is C17H24N2O3. The summed E-state index contributed by atoms with van der Waals surface area (Å²) in [4.78, 5) is 24.9. The van der Waals surface area contributed by atoms with Crippen molar-refractivity contribution in [2.24, 2.45) is 11.7 Å². The monoisotopic (exact) mass is 304 g/mol. The molecule has 2 rings (SSSR count). The van der Waals surface area contributed by atoms with Crippen LogP contribution >= 0.6 is 0 Å². The van der Waals surface area contributed by atoms with Crippen LogP contribution in [0.3, 0.4) is 0 Å². The molecule has 2 N–H and O–H groups in total. The van der Waals surface area contributed by atoms with Crippen LogP contribution in [0.15, 0.2) is 24.3 Å². The minimum Gasteiger partial charge on any atom is -0.484 e. The number of carbonyl (C=O) groups excluding carboxylic acids is 2. The molecular weight excluding hydrogens is 280 g/mol. The van der Waals surface area contributed by atoms with Gasteiger partial charge in [-0.2, -0.15) is 0 Å². The molecule has 0 radical (unpaired) electrons. The second-order valence-corrected chi connectivity index (χ2v) is 5.99. The van der Waals surface area contributed by atoms with Gasteiger partial charge in [0.2, 0.25) is 5.91 Å². The lowest BCUT2D eigenvalue weighted by Crippen LogP contribution is -2.35. The number of primary amides is 1. The van der Waals surface area contributed by atoms with Gasteiger partial charge in [-0.1, -0.05) is 19.1 Å². The largest absolute Gasteiger partial charge is 0.484 e. The van der Waals surface area contributed by atoms with Crippen LogP contribution in [-0.4, -0.2) is 36.4 Å². The van der Waals surface area contributed by atoms with Crippen LogP contribution in [0.25, 0.3) is 0 Å². The summed E-state index contributed by atoms with van der Waals surface area (Å²) in [7, 11) is 0. The van der Waals surface area contributed by atoms with E-state index < -0.39 is 0 Å². The van der Waals surface area contributed by atoms with Gasteiger partial charge in [0.1, 0.15) is 5.75 Å². The minimum atomic E-state index is -0.362. The molecule has 1 heterocycles. The highest BCUT2D eigenvalue weighted by atomic mass is 16.5. The zero-order valence-corrected chi connectivity index (χ0v) is 13.1. The fraction of sp³-hybridized carbons (Fsp3) is 0.529.